The Labute approximate surface area is 165 Å². The Hall–Kier alpha value is -3.26. The molecule has 1 unspecified atom stereocenters. The molecule has 2 heterocycles. The number of hydrogen-bond donors (Lipinski definition) is 2. The van der Waals surface area contributed by atoms with Gasteiger partial charge in [-0.2, -0.15) is 0 Å². The number of benzene rings is 2. The fourth-order valence-electron chi connectivity index (χ4n) is 3.12. The van der Waals surface area contributed by atoms with Crippen LogP contribution in [0, 0.1) is 5.92 Å². The monoisotopic (exact) mass is 401 g/mol. The Balaban J connectivity index is 1.35. The van der Waals surface area contributed by atoms with Gasteiger partial charge in [-0.1, -0.05) is 11.6 Å². The Bertz CT molecular complexity index is 947. The standard InChI is InChI=1S/C19H16ClN3O5/c20-12-2-4-13(5-3-12)23-8-7-14(19(23)26)18(25)22-21-17(24)11-1-6-15-16(9-11)28-10-27-15/h1-6,9,14H,7-8,10H2,(H,21,24)(H,22,25). The second-order valence-electron chi connectivity index (χ2n) is 6.32. The average Bonchev–Trinajstić information content (AvgIpc) is 3.32. The lowest BCUT2D eigenvalue weighted by Crippen LogP contribution is -2.46. The molecule has 144 valence electrons. The van der Waals surface area contributed by atoms with Gasteiger partial charge >= 0.3 is 0 Å². The summed E-state index contributed by atoms with van der Waals surface area (Å²) in [6.45, 7) is 0.514. The van der Waals surface area contributed by atoms with Crippen LogP contribution in [-0.2, 0) is 9.59 Å². The van der Waals surface area contributed by atoms with Gasteiger partial charge in [0.1, 0.15) is 5.92 Å². The first-order valence-corrected chi connectivity index (χ1v) is 8.97. The van der Waals surface area contributed by atoms with E-state index in [1.165, 1.54) is 11.0 Å². The van der Waals surface area contributed by atoms with Crippen molar-refractivity contribution in [3.8, 4) is 11.5 Å². The molecule has 1 saturated heterocycles. The van der Waals surface area contributed by atoms with Crippen molar-refractivity contribution in [2.75, 3.05) is 18.2 Å². The van der Waals surface area contributed by atoms with E-state index < -0.39 is 17.7 Å². The minimum absolute atomic E-state index is 0.102. The van der Waals surface area contributed by atoms with Gasteiger partial charge in [-0.3, -0.25) is 25.2 Å². The van der Waals surface area contributed by atoms with E-state index in [1.54, 1.807) is 36.4 Å². The third kappa shape index (κ3) is 3.46. The highest BCUT2D eigenvalue weighted by molar-refractivity contribution is 6.30. The van der Waals surface area contributed by atoms with Gasteiger partial charge < -0.3 is 14.4 Å². The summed E-state index contributed by atoms with van der Waals surface area (Å²) in [5.74, 6) is -1.25. The Morgan fingerprint density at radius 1 is 1.04 bits per heavy atom. The van der Waals surface area contributed by atoms with Crippen LogP contribution in [0.15, 0.2) is 42.5 Å². The van der Waals surface area contributed by atoms with Crippen LogP contribution in [0.3, 0.4) is 0 Å². The van der Waals surface area contributed by atoms with Crippen LogP contribution >= 0.6 is 11.6 Å². The van der Waals surface area contributed by atoms with Gasteiger partial charge in [0.25, 0.3) is 11.8 Å². The van der Waals surface area contributed by atoms with Crippen molar-refractivity contribution >= 4 is 35.0 Å². The molecule has 0 spiro atoms. The van der Waals surface area contributed by atoms with Crippen molar-refractivity contribution in [3.63, 3.8) is 0 Å². The van der Waals surface area contributed by atoms with E-state index in [-0.39, 0.29) is 12.7 Å². The maximum Gasteiger partial charge on any atom is 0.269 e. The summed E-state index contributed by atoms with van der Waals surface area (Å²) in [4.78, 5) is 38.7. The molecular formula is C19H16ClN3O5. The van der Waals surface area contributed by atoms with Gasteiger partial charge in [-0.25, -0.2) is 0 Å². The summed E-state index contributed by atoms with van der Waals surface area (Å²) in [6, 6.07) is 11.5. The molecule has 2 N–H and O–H groups in total. The van der Waals surface area contributed by atoms with E-state index in [9.17, 15) is 14.4 Å². The lowest BCUT2D eigenvalue weighted by molar-refractivity contribution is -0.132. The third-order valence-electron chi connectivity index (χ3n) is 4.59. The molecular weight excluding hydrogens is 386 g/mol. The van der Waals surface area contributed by atoms with Crippen LogP contribution in [0.1, 0.15) is 16.8 Å². The minimum Gasteiger partial charge on any atom is -0.454 e. The molecule has 2 aromatic carbocycles. The van der Waals surface area contributed by atoms with Gasteiger partial charge in [0.05, 0.1) is 0 Å². The van der Waals surface area contributed by atoms with Crippen molar-refractivity contribution in [2.45, 2.75) is 6.42 Å². The molecule has 0 aliphatic carbocycles. The first-order chi connectivity index (χ1) is 13.5. The number of anilines is 1. The van der Waals surface area contributed by atoms with Crippen molar-refractivity contribution in [1.82, 2.24) is 10.9 Å². The normalized spacial score (nSPS) is 17.5. The highest BCUT2D eigenvalue weighted by atomic mass is 35.5. The van der Waals surface area contributed by atoms with E-state index in [0.717, 1.165) is 0 Å². The number of rotatable bonds is 3. The van der Waals surface area contributed by atoms with Crippen LogP contribution in [0.5, 0.6) is 11.5 Å². The van der Waals surface area contributed by atoms with Crippen molar-refractivity contribution < 1.29 is 23.9 Å². The zero-order chi connectivity index (χ0) is 19.7. The molecule has 0 saturated carbocycles. The van der Waals surface area contributed by atoms with Crippen LogP contribution in [0.4, 0.5) is 5.69 Å². The van der Waals surface area contributed by atoms with Gasteiger partial charge in [-0.05, 0) is 48.9 Å². The molecule has 1 atom stereocenters. The van der Waals surface area contributed by atoms with Crippen LogP contribution in [-0.4, -0.2) is 31.1 Å². The second-order valence-corrected chi connectivity index (χ2v) is 6.76. The summed E-state index contributed by atoms with van der Waals surface area (Å²) in [5, 5.41) is 0.566. The molecule has 4 rings (SSSR count). The number of carbonyl (C=O) groups is 3. The Morgan fingerprint density at radius 2 is 1.79 bits per heavy atom. The first-order valence-electron chi connectivity index (χ1n) is 8.60. The van der Waals surface area contributed by atoms with E-state index >= 15 is 0 Å². The number of nitrogens with one attached hydrogen (secondary N) is 2. The van der Waals surface area contributed by atoms with Gasteiger partial charge in [-0.15, -0.1) is 0 Å². The summed E-state index contributed by atoms with van der Waals surface area (Å²) >= 11 is 5.86. The minimum atomic E-state index is -0.868. The number of halogens is 1. The van der Waals surface area contributed by atoms with Crippen LogP contribution in [0.25, 0.3) is 0 Å². The highest BCUT2D eigenvalue weighted by Gasteiger charge is 2.37. The molecule has 9 heteroatoms. The first kappa shape index (κ1) is 18.1. The molecule has 2 aliphatic rings. The number of fused-ring (bicyclic) bond motifs is 1. The van der Waals surface area contributed by atoms with E-state index in [2.05, 4.69) is 10.9 Å². The number of amides is 3. The van der Waals surface area contributed by atoms with Crippen LogP contribution in [0.2, 0.25) is 5.02 Å². The molecule has 8 nitrogen and oxygen atoms in total. The van der Waals surface area contributed by atoms with E-state index in [0.29, 0.717) is 40.7 Å². The summed E-state index contributed by atoms with van der Waals surface area (Å²) in [7, 11) is 0. The Morgan fingerprint density at radius 3 is 2.57 bits per heavy atom. The lowest BCUT2D eigenvalue weighted by atomic mass is 10.1. The topological polar surface area (TPSA) is 97.0 Å². The largest absolute Gasteiger partial charge is 0.454 e. The quantitative estimate of drug-likeness (QED) is 0.604. The van der Waals surface area contributed by atoms with Gasteiger partial charge in [0.2, 0.25) is 12.7 Å². The summed E-state index contributed by atoms with van der Waals surface area (Å²) in [6.07, 6.45) is 0.354. The molecule has 28 heavy (non-hydrogen) atoms. The molecule has 3 amide bonds. The molecule has 0 aromatic heterocycles. The number of hydrogen-bond acceptors (Lipinski definition) is 5. The van der Waals surface area contributed by atoms with Gasteiger partial charge in [0, 0.05) is 22.8 Å². The lowest BCUT2D eigenvalue weighted by Gasteiger charge is -2.17. The predicted octanol–water partition coefficient (Wildman–Crippen LogP) is 1.88. The van der Waals surface area contributed by atoms with Crippen molar-refractivity contribution in [3.05, 3.63) is 53.1 Å². The zero-order valence-corrected chi connectivity index (χ0v) is 15.4. The average molecular weight is 402 g/mol. The smallest absolute Gasteiger partial charge is 0.269 e. The Kier molecular flexibility index (Phi) is 4.79. The maximum atomic E-state index is 12.6. The fraction of sp³-hybridized carbons (Fsp3) is 0.211. The predicted molar refractivity (Wildman–Crippen MR) is 100 cm³/mol. The number of hydrazine groups is 1. The summed E-state index contributed by atoms with van der Waals surface area (Å²) in [5.41, 5.74) is 5.62. The molecule has 0 bridgehead atoms. The maximum absolute atomic E-state index is 12.6. The molecule has 2 aliphatic heterocycles. The SMILES string of the molecule is O=C(NNC(=O)C1CCN(c2ccc(Cl)cc2)C1=O)c1ccc2c(c1)OCO2. The molecule has 0 radical (unpaired) electrons. The van der Waals surface area contributed by atoms with Crippen molar-refractivity contribution in [1.29, 1.82) is 0 Å². The van der Waals surface area contributed by atoms with Crippen LogP contribution < -0.4 is 25.2 Å². The van der Waals surface area contributed by atoms with E-state index in [4.69, 9.17) is 21.1 Å². The third-order valence-corrected chi connectivity index (χ3v) is 4.85. The molecule has 1 fully saturated rings. The fourth-order valence-corrected chi connectivity index (χ4v) is 3.24. The number of carbonyl (C=O) groups excluding carboxylic acids is 3. The number of ether oxygens (including phenoxy) is 2. The van der Waals surface area contributed by atoms with Crippen molar-refractivity contribution in [2.24, 2.45) is 5.92 Å². The second kappa shape index (κ2) is 7.40. The molecule has 2 aromatic rings. The summed E-state index contributed by atoms with van der Waals surface area (Å²) < 4.78 is 10.4. The highest BCUT2D eigenvalue weighted by Crippen LogP contribution is 2.32. The van der Waals surface area contributed by atoms with Gasteiger partial charge in [0.15, 0.2) is 11.5 Å². The van der Waals surface area contributed by atoms with E-state index in [1.807, 2.05) is 0 Å². The zero-order valence-electron chi connectivity index (χ0n) is 14.6. The number of nitrogens with zero attached hydrogens (tertiary/aromatic N) is 1.